The Balaban J connectivity index is 1.15. The van der Waals surface area contributed by atoms with E-state index in [4.69, 9.17) is 18.8 Å². The van der Waals surface area contributed by atoms with E-state index in [0.29, 0.717) is 5.82 Å². The average molecular weight is 717 g/mol. The number of aromatic nitrogens is 2. The molecule has 8 aromatic carbocycles. The number of para-hydroxylation sites is 3. The molecule has 0 amide bonds. The minimum Gasteiger partial charge on any atom is -0.456 e. The Bertz CT molecular complexity index is 3250. The van der Waals surface area contributed by atoms with E-state index in [1.165, 1.54) is 5.56 Å². The summed E-state index contributed by atoms with van der Waals surface area (Å²) in [6.45, 7) is 0. The number of nitrogens with zero attached hydrogens (tertiary/aromatic N) is 2. The summed E-state index contributed by atoms with van der Waals surface area (Å²) in [7, 11) is 0. The van der Waals surface area contributed by atoms with Gasteiger partial charge in [-0.2, -0.15) is 0 Å². The Morgan fingerprint density at radius 3 is 1.61 bits per heavy atom. The maximum Gasteiger partial charge on any atom is 0.160 e. The van der Waals surface area contributed by atoms with Gasteiger partial charge in [-0.15, -0.1) is 0 Å². The third-order valence-electron chi connectivity index (χ3n) is 10.7. The minimum absolute atomic E-state index is 0.660. The van der Waals surface area contributed by atoms with Crippen LogP contribution in [0.25, 0.3) is 111 Å². The molecule has 0 fully saturated rings. The summed E-state index contributed by atoms with van der Waals surface area (Å²) >= 11 is 0. The predicted octanol–water partition coefficient (Wildman–Crippen LogP) is 14.3. The van der Waals surface area contributed by atoms with Gasteiger partial charge in [0.2, 0.25) is 0 Å². The first kappa shape index (κ1) is 31.9. The van der Waals surface area contributed by atoms with Crippen LogP contribution in [0.5, 0.6) is 0 Å². The first-order valence-corrected chi connectivity index (χ1v) is 18.8. The Hall–Kier alpha value is -7.56. The number of furan rings is 2. The molecule has 56 heavy (non-hydrogen) atoms. The van der Waals surface area contributed by atoms with Crippen molar-refractivity contribution in [1.82, 2.24) is 9.97 Å². The van der Waals surface area contributed by atoms with Gasteiger partial charge in [0.1, 0.15) is 22.3 Å². The molecule has 0 saturated heterocycles. The zero-order valence-electron chi connectivity index (χ0n) is 30.2. The predicted molar refractivity (Wildman–Crippen MR) is 229 cm³/mol. The molecular weight excluding hydrogens is 685 g/mol. The van der Waals surface area contributed by atoms with Gasteiger partial charge in [-0.1, -0.05) is 133 Å². The summed E-state index contributed by atoms with van der Waals surface area (Å²) in [6, 6.07) is 67.5. The van der Waals surface area contributed by atoms with Gasteiger partial charge >= 0.3 is 0 Å². The number of benzene rings is 8. The molecule has 0 radical (unpaired) electrons. The molecule has 0 N–H and O–H groups in total. The van der Waals surface area contributed by atoms with Crippen LogP contribution in [-0.2, 0) is 0 Å². The van der Waals surface area contributed by atoms with E-state index in [1.807, 2.05) is 54.6 Å². The van der Waals surface area contributed by atoms with E-state index in [-0.39, 0.29) is 0 Å². The van der Waals surface area contributed by atoms with Crippen LogP contribution in [0.1, 0.15) is 0 Å². The van der Waals surface area contributed by atoms with Crippen molar-refractivity contribution in [3.05, 3.63) is 194 Å². The maximum absolute atomic E-state index is 6.59. The van der Waals surface area contributed by atoms with Crippen molar-refractivity contribution >= 4 is 43.9 Å². The lowest BCUT2D eigenvalue weighted by Gasteiger charge is -2.14. The van der Waals surface area contributed by atoms with Gasteiger partial charge < -0.3 is 8.83 Å². The topological polar surface area (TPSA) is 52.1 Å². The summed E-state index contributed by atoms with van der Waals surface area (Å²) in [6.07, 6.45) is 0. The number of hydrogen-bond acceptors (Lipinski definition) is 4. The average Bonchev–Trinajstić information content (AvgIpc) is 3.85. The largest absolute Gasteiger partial charge is 0.456 e. The van der Waals surface area contributed by atoms with Gasteiger partial charge in [0.05, 0.1) is 11.4 Å². The normalized spacial score (nSPS) is 11.6. The lowest BCUT2D eigenvalue weighted by molar-refractivity contribution is 0.669. The van der Waals surface area contributed by atoms with Gasteiger partial charge in [0, 0.05) is 43.8 Å². The monoisotopic (exact) mass is 716 g/mol. The third kappa shape index (κ3) is 5.55. The lowest BCUT2D eigenvalue weighted by Crippen LogP contribution is -1.96. The summed E-state index contributed by atoms with van der Waals surface area (Å²) in [5.41, 5.74) is 14.6. The summed E-state index contributed by atoms with van der Waals surface area (Å²) < 4.78 is 12.8. The van der Waals surface area contributed by atoms with E-state index < -0.39 is 0 Å². The second-order valence-corrected chi connectivity index (χ2v) is 14.2. The smallest absolute Gasteiger partial charge is 0.160 e. The zero-order valence-corrected chi connectivity index (χ0v) is 30.2. The molecule has 11 rings (SSSR count). The van der Waals surface area contributed by atoms with Crippen LogP contribution in [-0.4, -0.2) is 9.97 Å². The first-order chi connectivity index (χ1) is 27.7. The van der Waals surface area contributed by atoms with Crippen LogP contribution >= 0.6 is 0 Å². The van der Waals surface area contributed by atoms with Crippen LogP contribution in [0.4, 0.5) is 0 Å². The van der Waals surface area contributed by atoms with Gasteiger partial charge in [0.15, 0.2) is 5.82 Å². The molecule has 4 heteroatoms. The Labute approximate surface area is 323 Å². The second-order valence-electron chi connectivity index (χ2n) is 14.2. The van der Waals surface area contributed by atoms with Crippen LogP contribution in [0.2, 0.25) is 0 Å². The Morgan fingerprint density at radius 2 is 0.821 bits per heavy atom. The number of rotatable bonds is 6. The molecule has 0 bridgehead atoms. The molecule has 0 unspecified atom stereocenters. The highest BCUT2D eigenvalue weighted by Crippen LogP contribution is 2.41. The Kier molecular flexibility index (Phi) is 7.46. The van der Waals surface area contributed by atoms with Crippen LogP contribution in [0.15, 0.2) is 203 Å². The fourth-order valence-electron chi connectivity index (χ4n) is 7.93. The summed E-state index contributed by atoms with van der Waals surface area (Å²) in [5.74, 6) is 0.660. The molecule has 0 aliphatic heterocycles. The molecular formula is C52H32N2O2. The van der Waals surface area contributed by atoms with E-state index in [9.17, 15) is 0 Å². The van der Waals surface area contributed by atoms with Crippen molar-refractivity contribution < 1.29 is 8.83 Å². The van der Waals surface area contributed by atoms with Gasteiger partial charge in [0.25, 0.3) is 0 Å². The maximum atomic E-state index is 6.59. The molecule has 0 aliphatic carbocycles. The molecule has 3 aromatic heterocycles. The quantitative estimate of drug-likeness (QED) is 0.172. The Morgan fingerprint density at radius 1 is 0.286 bits per heavy atom. The van der Waals surface area contributed by atoms with Crippen molar-refractivity contribution in [2.75, 3.05) is 0 Å². The highest BCUT2D eigenvalue weighted by atomic mass is 16.3. The summed E-state index contributed by atoms with van der Waals surface area (Å²) in [5, 5.41) is 4.33. The molecule has 262 valence electrons. The molecule has 0 aliphatic rings. The molecule has 0 saturated carbocycles. The number of hydrogen-bond donors (Lipinski definition) is 0. The standard InChI is InChI=1S/C52H32N2O2/c1-3-13-33(14-4-1)35-17-11-18-36(27-35)38-28-39(41-21-12-22-44-42-19-7-10-24-49(42)56-51(41)44)30-40(29-38)47-32-46(53-52(54-47)34-15-5-2-6-16-34)37-25-26-50-45(31-37)43-20-8-9-23-48(43)55-50/h1-32H. The van der Waals surface area contributed by atoms with Crippen LogP contribution in [0, 0.1) is 0 Å². The summed E-state index contributed by atoms with van der Waals surface area (Å²) in [4.78, 5) is 10.5. The third-order valence-corrected chi connectivity index (χ3v) is 10.7. The lowest BCUT2D eigenvalue weighted by atomic mass is 9.92. The van der Waals surface area contributed by atoms with E-state index >= 15 is 0 Å². The van der Waals surface area contributed by atoms with Gasteiger partial charge in [-0.05, 0) is 88.5 Å². The van der Waals surface area contributed by atoms with Crippen molar-refractivity contribution in [1.29, 1.82) is 0 Å². The number of fused-ring (bicyclic) bond motifs is 6. The first-order valence-electron chi connectivity index (χ1n) is 18.8. The van der Waals surface area contributed by atoms with E-state index in [2.05, 4.69) is 140 Å². The van der Waals surface area contributed by atoms with E-state index in [1.54, 1.807) is 0 Å². The molecule has 4 nitrogen and oxygen atoms in total. The van der Waals surface area contributed by atoms with Gasteiger partial charge in [-0.3, -0.25) is 0 Å². The molecule has 3 heterocycles. The molecule has 0 atom stereocenters. The van der Waals surface area contributed by atoms with Gasteiger partial charge in [-0.25, -0.2) is 9.97 Å². The van der Waals surface area contributed by atoms with Crippen LogP contribution in [0.3, 0.4) is 0 Å². The van der Waals surface area contributed by atoms with Crippen molar-refractivity contribution in [3.63, 3.8) is 0 Å². The SMILES string of the molecule is c1ccc(-c2cccc(-c3cc(-c4cc(-c5ccc6oc7ccccc7c6c5)nc(-c5ccccc5)n4)cc(-c4cccc5c4oc4ccccc45)c3)c2)cc1. The van der Waals surface area contributed by atoms with Crippen molar-refractivity contribution in [2.24, 2.45) is 0 Å². The molecule has 0 spiro atoms. The van der Waals surface area contributed by atoms with E-state index in [0.717, 1.165) is 99.8 Å². The second kappa shape index (κ2) is 13.1. The highest BCUT2D eigenvalue weighted by Gasteiger charge is 2.18. The highest BCUT2D eigenvalue weighted by molar-refractivity contribution is 6.10. The zero-order chi connectivity index (χ0) is 37.0. The van der Waals surface area contributed by atoms with Crippen LogP contribution < -0.4 is 0 Å². The minimum atomic E-state index is 0.660. The van der Waals surface area contributed by atoms with Crippen molar-refractivity contribution in [2.45, 2.75) is 0 Å². The molecule has 11 aromatic rings. The fraction of sp³-hybridized carbons (Fsp3) is 0. The van der Waals surface area contributed by atoms with Crippen molar-refractivity contribution in [3.8, 4) is 67.3 Å². The fourth-order valence-corrected chi connectivity index (χ4v) is 7.93.